The lowest BCUT2D eigenvalue weighted by atomic mass is 9.31. The van der Waals surface area contributed by atoms with Crippen molar-refractivity contribution < 1.29 is 0 Å². The van der Waals surface area contributed by atoms with Gasteiger partial charge < -0.3 is 9.13 Å². The van der Waals surface area contributed by atoms with Crippen LogP contribution in [-0.4, -0.2) is 22.6 Å². The molecule has 74 heavy (non-hydrogen) atoms. The number of hydrogen-bond acceptors (Lipinski definition) is 0. The molecule has 4 heterocycles. The lowest BCUT2D eigenvalue weighted by molar-refractivity contribution is 0.591. The number of aromatic nitrogens is 2. The molecule has 2 nitrogen and oxygen atoms in total. The van der Waals surface area contributed by atoms with Crippen molar-refractivity contribution in [2.24, 2.45) is 0 Å². The molecule has 8 aromatic carbocycles. The Kier molecular flexibility index (Phi) is 11.5. The molecule has 0 saturated carbocycles. The molecule has 0 radical (unpaired) electrons. The van der Waals surface area contributed by atoms with Crippen molar-refractivity contribution in [1.82, 2.24) is 9.13 Å². The Labute approximate surface area is 442 Å². The summed E-state index contributed by atoms with van der Waals surface area (Å²) in [6.07, 6.45) is 0. The molecule has 370 valence electrons. The molecule has 0 unspecified atom stereocenters. The van der Waals surface area contributed by atoms with Crippen molar-refractivity contribution in [2.45, 2.75) is 145 Å². The predicted octanol–water partition coefficient (Wildman–Crippen LogP) is 15.2. The minimum atomic E-state index is 0.00336. The van der Waals surface area contributed by atoms with Crippen LogP contribution >= 0.6 is 0 Å². The quantitative estimate of drug-likeness (QED) is 0.128. The molecule has 0 bridgehead atoms. The molecule has 10 aromatic rings. The first-order valence-corrected chi connectivity index (χ1v) is 28.1. The number of nitrogens with zero attached hydrogens (tertiary/aromatic N) is 2. The van der Waals surface area contributed by atoms with Crippen molar-refractivity contribution in [3.8, 4) is 22.5 Å². The predicted molar refractivity (Wildman–Crippen MR) is 326 cm³/mol. The van der Waals surface area contributed by atoms with E-state index in [9.17, 15) is 0 Å². The summed E-state index contributed by atoms with van der Waals surface area (Å²) in [4.78, 5) is 0. The Bertz CT molecular complexity index is 3850. The summed E-state index contributed by atoms with van der Waals surface area (Å²) in [5.41, 5.74) is 29.1. The maximum Gasteiger partial charge on any atom is 0.247 e. The summed E-state index contributed by atoms with van der Waals surface area (Å²) in [5, 5.41) is 5.31. The SMILES string of the molecule is CC(C)c1cc(C(C)C)c(B2c3cc4c(cc3-n3c5ccc(-c6ccccc6)cc5c5cccc2c53)B(c2c(C(C)C)cc(C(C)C)cc2C(C)C)c2cccc3c5cc(C(C)(C)C)ccc5n-4c23)c(C(C)C)c1. The van der Waals surface area contributed by atoms with Gasteiger partial charge in [0.05, 0.1) is 11.0 Å². The summed E-state index contributed by atoms with van der Waals surface area (Å²) < 4.78 is 5.39. The lowest BCUT2D eigenvalue weighted by Crippen LogP contribution is -2.61. The fraction of sp³-hybridized carbons (Fsp3) is 0.314. The molecule has 0 N–H and O–H groups in total. The number of rotatable bonds is 9. The molecule has 0 fully saturated rings. The van der Waals surface area contributed by atoms with Gasteiger partial charge in [-0.25, -0.2) is 0 Å². The fourth-order valence-corrected chi connectivity index (χ4v) is 13.5. The van der Waals surface area contributed by atoms with Crippen LogP contribution in [0.3, 0.4) is 0 Å². The third-order valence-electron chi connectivity index (χ3n) is 17.4. The van der Waals surface area contributed by atoms with E-state index in [1.165, 1.54) is 138 Å². The van der Waals surface area contributed by atoms with Gasteiger partial charge in [0, 0.05) is 44.0 Å². The Morgan fingerprint density at radius 3 is 1.18 bits per heavy atom. The van der Waals surface area contributed by atoms with Crippen LogP contribution in [0.1, 0.15) is 178 Å². The topological polar surface area (TPSA) is 9.86 Å². The lowest BCUT2D eigenvalue weighted by Gasteiger charge is -2.36. The van der Waals surface area contributed by atoms with Gasteiger partial charge in [0.2, 0.25) is 13.4 Å². The highest BCUT2D eigenvalue weighted by atomic mass is 15.0. The third-order valence-corrected chi connectivity index (χ3v) is 17.4. The van der Waals surface area contributed by atoms with Crippen LogP contribution in [0.25, 0.3) is 66.1 Å². The monoisotopic (exact) mass is 965 g/mol. The maximum absolute atomic E-state index is 2.71. The zero-order chi connectivity index (χ0) is 52.0. The zero-order valence-electron chi connectivity index (χ0n) is 46.8. The van der Waals surface area contributed by atoms with Gasteiger partial charge in [0.15, 0.2) is 0 Å². The average molecular weight is 965 g/mol. The Hall–Kier alpha value is -6.51. The average Bonchev–Trinajstić information content (AvgIpc) is 3.93. The molecule has 4 heteroatoms. The van der Waals surface area contributed by atoms with Crippen LogP contribution < -0.4 is 32.8 Å². The smallest absolute Gasteiger partial charge is 0.247 e. The Morgan fingerprint density at radius 2 is 0.770 bits per heavy atom. The van der Waals surface area contributed by atoms with Crippen molar-refractivity contribution in [3.63, 3.8) is 0 Å². The largest absolute Gasteiger partial charge is 0.310 e. The van der Waals surface area contributed by atoms with Gasteiger partial charge in [-0.3, -0.25) is 0 Å². The second-order valence-corrected chi connectivity index (χ2v) is 25.2. The maximum atomic E-state index is 2.71. The highest BCUT2D eigenvalue weighted by Crippen LogP contribution is 2.41. The van der Waals surface area contributed by atoms with E-state index in [0.29, 0.717) is 35.5 Å². The molecule has 0 spiro atoms. The molecule has 0 amide bonds. The van der Waals surface area contributed by atoms with E-state index in [2.05, 4.69) is 253 Å². The standard InChI is InChI=1S/C70H74B2N2/c1-39(2)47-32-52(41(5)6)66(53(33-47)42(7)8)71-58-25-19-23-50-56-31-46(45-21-17-16-18-22-45)27-29-62(56)73(68(50)58)64-37-61-65(38-60(64)71)74-63-30-28-49(70(13,14)15)36-57(63)51-24-20-26-59(69(51)74)72(61)67-54(43(9)10)34-48(40(3)4)35-55(67)44(11)12/h16-44H,1-15H3. The summed E-state index contributed by atoms with van der Waals surface area (Å²) in [6.45, 7) is 35.9. The Morgan fingerprint density at radius 1 is 0.351 bits per heavy atom. The van der Waals surface area contributed by atoms with Gasteiger partial charge in [-0.2, -0.15) is 0 Å². The second kappa shape index (κ2) is 17.5. The molecule has 2 aromatic heterocycles. The first-order valence-electron chi connectivity index (χ1n) is 28.1. The molecule has 2 aliphatic rings. The second-order valence-electron chi connectivity index (χ2n) is 25.2. The van der Waals surface area contributed by atoms with Gasteiger partial charge in [0.25, 0.3) is 0 Å². The first kappa shape index (κ1) is 48.4. The Balaban J connectivity index is 1.29. The van der Waals surface area contributed by atoms with Crippen molar-refractivity contribution in [2.75, 3.05) is 0 Å². The summed E-state index contributed by atoms with van der Waals surface area (Å²) in [6, 6.07) is 55.7. The van der Waals surface area contributed by atoms with Crippen LogP contribution in [0.5, 0.6) is 0 Å². The van der Waals surface area contributed by atoms with E-state index >= 15 is 0 Å². The number of hydrogen-bond donors (Lipinski definition) is 0. The minimum Gasteiger partial charge on any atom is -0.310 e. The highest BCUT2D eigenvalue weighted by Gasteiger charge is 2.43. The van der Waals surface area contributed by atoms with E-state index in [1.807, 2.05) is 0 Å². The van der Waals surface area contributed by atoms with Crippen molar-refractivity contribution in [1.29, 1.82) is 0 Å². The molecule has 0 aliphatic carbocycles. The summed E-state index contributed by atoms with van der Waals surface area (Å²) in [5.74, 6) is 2.20. The molecule has 0 atom stereocenters. The van der Waals surface area contributed by atoms with Gasteiger partial charge in [0.1, 0.15) is 0 Å². The van der Waals surface area contributed by atoms with E-state index < -0.39 is 0 Å². The van der Waals surface area contributed by atoms with Crippen LogP contribution in [0, 0.1) is 0 Å². The van der Waals surface area contributed by atoms with E-state index in [-0.39, 0.29) is 18.8 Å². The van der Waals surface area contributed by atoms with E-state index in [0.717, 1.165) is 0 Å². The van der Waals surface area contributed by atoms with Crippen LogP contribution in [0.4, 0.5) is 0 Å². The normalized spacial score (nSPS) is 13.5. The summed E-state index contributed by atoms with van der Waals surface area (Å²) in [7, 11) is 0. The van der Waals surface area contributed by atoms with Crippen LogP contribution in [-0.2, 0) is 5.41 Å². The zero-order valence-corrected chi connectivity index (χ0v) is 46.8. The first-order chi connectivity index (χ1) is 35.3. The molecular formula is C70H74B2N2. The fourth-order valence-electron chi connectivity index (χ4n) is 13.5. The molecule has 0 saturated heterocycles. The van der Waals surface area contributed by atoms with Gasteiger partial charge in [-0.1, -0.05) is 218 Å². The molecule has 2 aliphatic heterocycles. The minimum absolute atomic E-state index is 0.00336. The third kappa shape index (κ3) is 7.28. The van der Waals surface area contributed by atoms with Crippen LogP contribution in [0.15, 0.2) is 140 Å². The van der Waals surface area contributed by atoms with Crippen LogP contribution in [0.2, 0.25) is 0 Å². The number of benzene rings is 8. The van der Waals surface area contributed by atoms with Gasteiger partial charge >= 0.3 is 0 Å². The molecule has 12 rings (SSSR count). The van der Waals surface area contributed by atoms with E-state index in [4.69, 9.17) is 0 Å². The van der Waals surface area contributed by atoms with Gasteiger partial charge in [-0.05, 0) is 149 Å². The number of fused-ring (bicyclic) bond motifs is 10. The highest BCUT2D eigenvalue weighted by molar-refractivity contribution is 7.00. The number of para-hydroxylation sites is 2. The van der Waals surface area contributed by atoms with Crippen molar-refractivity contribution >= 4 is 89.8 Å². The molecular weight excluding hydrogens is 890 g/mol. The summed E-state index contributed by atoms with van der Waals surface area (Å²) >= 11 is 0. The van der Waals surface area contributed by atoms with Gasteiger partial charge in [-0.15, -0.1) is 0 Å². The van der Waals surface area contributed by atoms with E-state index in [1.54, 1.807) is 0 Å². The van der Waals surface area contributed by atoms with Crippen molar-refractivity contribution in [3.05, 3.63) is 178 Å².